The third-order valence-corrected chi connectivity index (χ3v) is 2.75. The molecule has 96 valence electrons. The van der Waals surface area contributed by atoms with Crippen LogP contribution < -0.4 is 0 Å². The SMILES string of the molecule is C=C(C)C(=O)OC1CCCC(=O)OC1CCC. The van der Waals surface area contributed by atoms with Crippen LogP contribution in [0.25, 0.3) is 0 Å². The molecule has 1 aliphatic heterocycles. The summed E-state index contributed by atoms with van der Waals surface area (Å²) in [4.78, 5) is 22.8. The van der Waals surface area contributed by atoms with Gasteiger partial charge in [0.05, 0.1) is 0 Å². The standard InChI is InChI=1S/C13H20O4/c1-4-6-10-11(17-13(15)9(2)3)7-5-8-12(14)16-10/h10-11H,2,4-8H2,1,3H3. The highest BCUT2D eigenvalue weighted by Crippen LogP contribution is 2.22. The minimum Gasteiger partial charge on any atom is -0.458 e. The molecule has 2 atom stereocenters. The lowest BCUT2D eigenvalue weighted by molar-refractivity contribution is -0.163. The molecule has 4 nitrogen and oxygen atoms in total. The van der Waals surface area contributed by atoms with Gasteiger partial charge in [-0.3, -0.25) is 4.79 Å². The molecule has 0 aliphatic carbocycles. The summed E-state index contributed by atoms with van der Waals surface area (Å²) >= 11 is 0. The highest BCUT2D eigenvalue weighted by molar-refractivity contribution is 5.87. The first kappa shape index (κ1) is 13.7. The van der Waals surface area contributed by atoms with Gasteiger partial charge in [-0.05, 0) is 26.2 Å². The number of esters is 2. The number of hydrogen-bond acceptors (Lipinski definition) is 4. The number of hydrogen-bond donors (Lipinski definition) is 0. The zero-order valence-corrected chi connectivity index (χ0v) is 10.5. The Morgan fingerprint density at radius 3 is 2.88 bits per heavy atom. The van der Waals surface area contributed by atoms with Crippen LogP contribution in [-0.4, -0.2) is 24.1 Å². The van der Waals surface area contributed by atoms with Gasteiger partial charge >= 0.3 is 11.9 Å². The Morgan fingerprint density at radius 1 is 1.59 bits per heavy atom. The smallest absolute Gasteiger partial charge is 0.333 e. The normalized spacial score (nSPS) is 24.7. The predicted octanol–water partition coefficient (Wildman–Crippen LogP) is 2.37. The summed E-state index contributed by atoms with van der Waals surface area (Å²) in [5, 5.41) is 0. The number of carbonyl (C=O) groups is 2. The summed E-state index contributed by atoms with van der Waals surface area (Å²) in [6.45, 7) is 7.17. The van der Waals surface area contributed by atoms with E-state index in [1.165, 1.54) is 0 Å². The molecule has 0 amide bonds. The summed E-state index contributed by atoms with van der Waals surface area (Å²) in [7, 11) is 0. The van der Waals surface area contributed by atoms with Crippen molar-refractivity contribution in [2.75, 3.05) is 0 Å². The van der Waals surface area contributed by atoms with Gasteiger partial charge in [0.25, 0.3) is 0 Å². The largest absolute Gasteiger partial charge is 0.458 e. The molecule has 0 saturated carbocycles. The van der Waals surface area contributed by atoms with Gasteiger partial charge in [0.15, 0.2) is 0 Å². The Morgan fingerprint density at radius 2 is 2.29 bits per heavy atom. The first-order valence-electron chi connectivity index (χ1n) is 6.10. The van der Waals surface area contributed by atoms with E-state index >= 15 is 0 Å². The Bertz CT molecular complexity index is 309. The van der Waals surface area contributed by atoms with Gasteiger partial charge in [-0.25, -0.2) is 4.79 Å². The lowest BCUT2D eigenvalue weighted by Crippen LogP contribution is -2.33. The van der Waals surface area contributed by atoms with Gasteiger partial charge in [0.2, 0.25) is 0 Å². The van der Waals surface area contributed by atoms with Crippen LogP contribution >= 0.6 is 0 Å². The van der Waals surface area contributed by atoms with Crippen molar-refractivity contribution < 1.29 is 19.1 Å². The molecule has 0 radical (unpaired) electrons. The number of carbonyl (C=O) groups excluding carboxylic acids is 2. The molecule has 0 aromatic rings. The van der Waals surface area contributed by atoms with Crippen molar-refractivity contribution in [1.82, 2.24) is 0 Å². The van der Waals surface area contributed by atoms with E-state index in [0.717, 1.165) is 12.8 Å². The molecule has 0 N–H and O–H groups in total. The van der Waals surface area contributed by atoms with Gasteiger partial charge in [-0.1, -0.05) is 19.9 Å². The number of ether oxygens (including phenoxy) is 2. The van der Waals surface area contributed by atoms with Crippen LogP contribution in [0.15, 0.2) is 12.2 Å². The van der Waals surface area contributed by atoms with Crippen LogP contribution in [0.4, 0.5) is 0 Å². The van der Waals surface area contributed by atoms with E-state index in [2.05, 4.69) is 6.58 Å². The van der Waals surface area contributed by atoms with Crippen LogP contribution in [0.2, 0.25) is 0 Å². The van der Waals surface area contributed by atoms with Crippen molar-refractivity contribution in [2.45, 2.75) is 58.2 Å². The fourth-order valence-corrected chi connectivity index (χ4v) is 1.84. The summed E-state index contributed by atoms with van der Waals surface area (Å²) in [6, 6.07) is 0. The predicted molar refractivity (Wildman–Crippen MR) is 63.3 cm³/mol. The fourth-order valence-electron chi connectivity index (χ4n) is 1.84. The lowest BCUT2D eigenvalue weighted by Gasteiger charge is -2.24. The van der Waals surface area contributed by atoms with E-state index in [4.69, 9.17) is 9.47 Å². The van der Waals surface area contributed by atoms with E-state index in [1.807, 2.05) is 6.92 Å². The summed E-state index contributed by atoms with van der Waals surface area (Å²) < 4.78 is 10.6. The van der Waals surface area contributed by atoms with Crippen molar-refractivity contribution in [3.63, 3.8) is 0 Å². The Labute approximate surface area is 102 Å². The Balaban J connectivity index is 2.67. The molecule has 1 aliphatic rings. The Kier molecular flexibility index (Phi) is 5.19. The molecular weight excluding hydrogens is 220 g/mol. The second-order valence-corrected chi connectivity index (χ2v) is 4.43. The first-order valence-corrected chi connectivity index (χ1v) is 6.10. The molecule has 0 aromatic heterocycles. The lowest BCUT2D eigenvalue weighted by atomic mass is 10.0. The van der Waals surface area contributed by atoms with Gasteiger partial charge in [0.1, 0.15) is 12.2 Å². The molecule has 2 unspecified atom stereocenters. The average Bonchev–Trinajstić information content (AvgIpc) is 2.42. The maximum atomic E-state index is 11.5. The molecule has 1 rings (SSSR count). The van der Waals surface area contributed by atoms with E-state index in [-0.39, 0.29) is 18.2 Å². The molecule has 0 bridgehead atoms. The average molecular weight is 240 g/mol. The molecule has 0 aromatic carbocycles. The summed E-state index contributed by atoms with van der Waals surface area (Å²) in [6.07, 6.45) is 2.76. The summed E-state index contributed by atoms with van der Waals surface area (Å²) in [5.74, 6) is -0.605. The monoisotopic (exact) mass is 240 g/mol. The zero-order valence-electron chi connectivity index (χ0n) is 10.5. The Hall–Kier alpha value is -1.32. The number of cyclic esters (lactones) is 1. The van der Waals surface area contributed by atoms with Crippen LogP contribution in [0.3, 0.4) is 0 Å². The van der Waals surface area contributed by atoms with E-state index < -0.39 is 5.97 Å². The fraction of sp³-hybridized carbons (Fsp3) is 0.692. The van der Waals surface area contributed by atoms with Crippen molar-refractivity contribution in [2.24, 2.45) is 0 Å². The molecular formula is C13H20O4. The quantitative estimate of drug-likeness (QED) is 0.559. The molecule has 1 saturated heterocycles. The van der Waals surface area contributed by atoms with Crippen molar-refractivity contribution in [1.29, 1.82) is 0 Å². The molecule has 1 heterocycles. The van der Waals surface area contributed by atoms with Crippen LogP contribution in [0, 0.1) is 0 Å². The minimum atomic E-state index is -0.408. The van der Waals surface area contributed by atoms with Crippen LogP contribution in [0.5, 0.6) is 0 Å². The van der Waals surface area contributed by atoms with Gasteiger partial charge < -0.3 is 9.47 Å². The van der Waals surface area contributed by atoms with E-state index in [1.54, 1.807) is 6.92 Å². The van der Waals surface area contributed by atoms with E-state index in [0.29, 0.717) is 24.8 Å². The maximum Gasteiger partial charge on any atom is 0.333 e. The molecule has 0 spiro atoms. The van der Waals surface area contributed by atoms with Crippen LogP contribution in [0.1, 0.15) is 46.0 Å². The maximum absolute atomic E-state index is 11.5. The van der Waals surface area contributed by atoms with Gasteiger partial charge in [0, 0.05) is 12.0 Å². The van der Waals surface area contributed by atoms with E-state index in [9.17, 15) is 9.59 Å². The van der Waals surface area contributed by atoms with Gasteiger partial charge in [-0.2, -0.15) is 0 Å². The third-order valence-electron chi connectivity index (χ3n) is 2.75. The molecule has 17 heavy (non-hydrogen) atoms. The highest BCUT2D eigenvalue weighted by Gasteiger charge is 2.30. The molecule has 4 heteroatoms. The van der Waals surface area contributed by atoms with Crippen molar-refractivity contribution >= 4 is 11.9 Å². The van der Waals surface area contributed by atoms with Crippen molar-refractivity contribution in [3.05, 3.63) is 12.2 Å². The van der Waals surface area contributed by atoms with Gasteiger partial charge in [-0.15, -0.1) is 0 Å². The topological polar surface area (TPSA) is 52.6 Å². The third kappa shape index (κ3) is 4.21. The first-order chi connectivity index (χ1) is 8.04. The summed E-state index contributed by atoms with van der Waals surface area (Å²) in [5.41, 5.74) is 0.371. The second-order valence-electron chi connectivity index (χ2n) is 4.43. The zero-order chi connectivity index (χ0) is 12.8. The number of rotatable bonds is 4. The highest BCUT2D eigenvalue weighted by atomic mass is 16.6. The molecule has 1 fully saturated rings. The van der Waals surface area contributed by atoms with Crippen LogP contribution in [-0.2, 0) is 19.1 Å². The van der Waals surface area contributed by atoms with Crippen molar-refractivity contribution in [3.8, 4) is 0 Å². The minimum absolute atomic E-state index is 0.197. The second kappa shape index (κ2) is 6.42.